The first-order valence-corrected chi connectivity index (χ1v) is 9.49. The number of aromatic hydroxyl groups is 2. The lowest BCUT2D eigenvalue weighted by molar-refractivity contribution is 0.0225. The Hall–Kier alpha value is -3.37. The molecule has 1 aromatic heterocycles. The molecule has 7 heteroatoms. The molecule has 2 aliphatic heterocycles. The van der Waals surface area contributed by atoms with Crippen molar-refractivity contribution in [3.8, 4) is 23.0 Å². The zero-order valence-corrected chi connectivity index (χ0v) is 14.5. The van der Waals surface area contributed by atoms with Crippen LogP contribution in [0.15, 0.2) is 48.5 Å². The zero-order chi connectivity index (χ0) is 18.5. The average Bonchev–Trinajstić information content (AvgIpc) is 3.20. The predicted molar refractivity (Wildman–Crippen MR) is 95.5 cm³/mol. The van der Waals surface area contributed by atoms with Gasteiger partial charge in [0.15, 0.2) is 5.60 Å². The summed E-state index contributed by atoms with van der Waals surface area (Å²) in [4.78, 5) is 12.8. The molecular weight excluding hydrogens is 367 g/mol. The van der Waals surface area contributed by atoms with Crippen molar-refractivity contribution in [3.63, 3.8) is 0 Å². The van der Waals surface area contributed by atoms with Crippen molar-refractivity contribution in [2.24, 2.45) is 0 Å². The molecule has 6 rings (SSSR count). The Morgan fingerprint density at radius 1 is 0.852 bits per heavy atom. The maximum absolute atomic E-state index is 12.8. The van der Waals surface area contributed by atoms with Gasteiger partial charge in [-0.1, -0.05) is 4.57 Å². The van der Waals surface area contributed by atoms with E-state index in [1.54, 1.807) is 24.3 Å². The van der Waals surface area contributed by atoms with Crippen molar-refractivity contribution < 1.29 is 29.0 Å². The van der Waals surface area contributed by atoms with E-state index in [1.165, 1.54) is 24.3 Å². The fourth-order valence-electron chi connectivity index (χ4n) is 4.09. The smallest absolute Gasteiger partial charge is 0.426 e. The summed E-state index contributed by atoms with van der Waals surface area (Å²) in [5.74, 6) is 0.106. The lowest BCUT2D eigenvalue weighted by atomic mass is 9.77. The van der Waals surface area contributed by atoms with Gasteiger partial charge in [0.1, 0.15) is 28.6 Å². The quantitative estimate of drug-likeness (QED) is 0.440. The van der Waals surface area contributed by atoms with Crippen molar-refractivity contribution in [1.29, 1.82) is 0 Å². The molecule has 6 nitrogen and oxygen atoms in total. The Kier molecular flexibility index (Phi) is 2.45. The van der Waals surface area contributed by atoms with Crippen molar-refractivity contribution >= 4 is 23.6 Å². The number of phenols is 2. The van der Waals surface area contributed by atoms with E-state index in [0.717, 1.165) is 0 Å². The number of phenolic OH excluding ortho intramolecular Hbond substituents is 2. The van der Waals surface area contributed by atoms with Crippen LogP contribution >= 0.6 is 7.41 Å². The molecule has 1 spiro atoms. The third kappa shape index (κ3) is 1.64. The van der Waals surface area contributed by atoms with Crippen LogP contribution in [0.2, 0.25) is 0 Å². The molecule has 1 atom stereocenters. The van der Waals surface area contributed by atoms with Crippen LogP contribution in [0.3, 0.4) is 0 Å². The second kappa shape index (κ2) is 4.48. The first kappa shape index (κ1) is 14.8. The number of hydrogen-bond acceptors (Lipinski definition) is 6. The first-order chi connectivity index (χ1) is 13.0. The molecule has 130 valence electrons. The molecule has 0 saturated heterocycles. The third-order valence-corrected chi connectivity index (χ3v) is 6.72. The predicted octanol–water partition coefficient (Wildman–Crippen LogP) is 4.44. The summed E-state index contributed by atoms with van der Waals surface area (Å²) in [6.45, 7) is 0. The largest absolute Gasteiger partial charge is 0.508 e. The van der Waals surface area contributed by atoms with Crippen molar-refractivity contribution in [2.45, 2.75) is 5.60 Å². The average molecular weight is 377 g/mol. The van der Waals surface area contributed by atoms with Gasteiger partial charge in [-0.25, -0.2) is 4.79 Å². The number of rotatable bonds is 0. The molecule has 1 unspecified atom stereocenters. The molecule has 0 radical (unpaired) electrons. The van der Waals surface area contributed by atoms with Gasteiger partial charge in [-0.15, -0.1) is 0 Å². The summed E-state index contributed by atoms with van der Waals surface area (Å²) in [5.41, 5.74) is 0.760. The van der Waals surface area contributed by atoms with Crippen LogP contribution in [0, 0.1) is 0 Å². The molecule has 0 bridgehead atoms. The number of esters is 1. The second-order valence-electron chi connectivity index (χ2n) is 6.68. The van der Waals surface area contributed by atoms with E-state index < -0.39 is 19.0 Å². The maximum Gasteiger partial charge on any atom is 0.426 e. The normalized spacial score (nSPS) is 16.7. The molecule has 2 N–H and O–H groups in total. The van der Waals surface area contributed by atoms with Crippen LogP contribution in [0.25, 0.3) is 10.2 Å². The van der Waals surface area contributed by atoms with Crippen LogP contribution < -0.4 is 4.74 Å². The van der Waals surface area contributed by atoms with Crippen molar-refractivity contribution in [3.05, 3.63) is 70.8 Å². The van der Waals surface area contributed by atoms with Gasteiger partial charge in [0, 0.05) is 28.8 Å². The number of hydrogen-bond donors (Lipinski definition) is 2. The maximum atomic E-state index is 12.8. The first-order valence-electron chi connectivity index (χ1n) is 8.23. The van der Waals surface area contributed by atoms with Crippen LogP contribution in [0.5, 0.6) is 23.0 Å². The summed E-state index contributed by atoms with van der Waals surface area (Å²) in [7, 11) is -1.65. The number of fused-ring (bicyclic) bond motifs is 8. The summed E-state index contributed by atoms with van der Waals surface area (Å²) >= 11 is 0. The molecule has 0 fully saturated rings. The minimum absolute atomic E-state index is 0.000447. The lowest BCUT2D eigenvalue weighted by Gasteiger charge is -2.36. The fraction of sp³-hybridized carbons (Fsp3) is 0.0500. The number of ether oxygens (including phenoxy) is 2. The fourth-order valence-corrected chi connectivity index (χ4v) is 5.35. The Balaban J connectivity index is 1.77. The van der Waals surface area contributed by atoms with E-state index in [2.05, 4.69) is 0 Å². The van der Waals surface area contributed by atoms with Crippen molar-refractivity contribution in [2.75, 3.05) is 0 Å². The summed E-state index contributed by atoms with van der Waals surface area (Å²) in [6, 6.07) is 12.7. The van der Waals surface area contributed by atoms with Gasteiger partial charge in [-0.3, -0.25) is 0 Å². The summed E-state index contributed by atoms with van der Waals surface area (Å²) < 4.78 is 24.0. The highest BCUT2D eigenvalue weighted by Gasteiger charge is 2.57. The molecule has 3 heterocycles. The SMILES string of the molecule is O=C1OC2(c3ccc(O)cc3Oc3cc(O)ccc32)c2ccc3c(c21)[p+]3=O. The Morgan fingerprint density at radius 3 is 2.07 bits per heavy atom. The molecule has 0 amide bonds. The monoisotopic (exact) mass is 377 g/mol. The van der Waals surface area contributed by atoms with E-state index in [9.17, 15) is 19.6 Å². The summed E-state index contributed by atoms with van der Waals surface area (Å²) in [6.07, 6.45) is 0. The minimum Gasteiger partial charge on any atom is -0.508 e. The van der Waals surface area contributed by atoms with Gasteiger partial charge in [-0.05, 0) is 36.4 Å². The molecule has 3 aromatic carbocycles. The zero-order valence-electron chi connectivity index (χ0n) is 13.6. The van der Waals surface area contributed by atoms with Gasteiger partial charge in [0.2, 0.25) is 0 Å². The standard InChI is InChI=1S/C20H9O6P/c21-9-1-3-11-14(7-9)25-15-8-10(22)2-4-12(15)20(11)13-5-6-16-18(27(16)24)17(13)19(23)26-20/h1-8H,(H-,21,22)/p+1. The third-order valence-electron chi connectivity index (χ3n) is 5.27. The Morgan fingerprint density at radius 2 is 1.44 bits per heavy atom. The van der Waals surface area contributed by atoms with E-state index in [4.69, 9.17) is 9.47 Å². The van der Waals surface area contributed by atoms with Gasteiger partial charge < -0.3 is 19.7 Å². The molecule has 0 saturated carbocycles. The number of benzene rings is 3. The highest BCUT2D eigenvalue weighted by molar-refractivity contribution is 7.59. The molecule has 27 heavy (non-hydrogen) atoms. The Labute approximate surface area is 152 Å². The van der Waals surface area contributed by atoms with Crippen molar-refractivity contribution in [1.82, 2.24) is 0 Å². The van der Waals surface area contributed by atoms with E-state index in [-0.39, 0.29) is 11.5 Å². The van der Waals surface area contributed by atoms with Crippen LogP contribution in [0.4, 0.5) is 0 Å². The lowest BCUT2D eigenvalue weighted by Crippen LogP contribution is -2.32. The molecular formula is C20H10O6P+. The highest BCUT2D eigenvalue weighted by atomic mass is 31.1. The molecule has 4 aromatic rings. The number of carbonyl (C=O) groups is 1. The van der Waals surface area contributed by atoms with Gasteiger partial charge >= 0.3 is 13.4 Å². The minimum atomic E-state index is -1.65. The topological polar surface area (TPSA) is 93.1 Å². The van der Waals surface area contributed by atoms with Gasteiger partial charge in [-0.2, -0.15) is 0 Å². The van der Waals surface area contributed by atoms with Crippen LogP contribution in [-0.2, 0) is 14.9 Å². The van der Waals surface area contributed by atoms with Gasteiger partial charge in [0.05, 0.1) is 0 Å². The molecule has 0 aliphatic carbocycles. The second-order valence-corrected chi connectivity index (χ2v) is 8.20. The Bertz CT molecular complexity index is 1290. The molecule has 2 aliphatic rings. The number of carbonyl (C=O) groups excluding carboxylic acids is 1. The van der Waals surface area contributed by atoms with Gasteiger partial charge in [0.25, 0.3) is 10.2 Å². The summed E-state index contributed by atoms with van der Waals surface area (Å²) in [5, 5.41) is 21.0. The van der Waals surface area contributed by atoms with E-state index in [0.29, 0.717) is 44.0 Å². The van der Waals surface area contributed by atoms with E-state index >= 15 is 0 Å². The van der Waals surface area contributed by atoms with E-state index in [1.807, 2.05) is 0 Å². The van der Waals surface area contributed by atoms with Crippen LogP contribution in [-0.4, -0.2) is 16.2 Å². The highest BCUT2D eigenvalue weighted by Crippen LogP contribution is 2.61. The van der Waals surface area contributed by atoms with Crippen LogP contribution in [0.1, 0.15) is 27.0 Å².